The van der Waals surface area contributed by atoms with E-state index in [0.717, 1.165) is 90.2 Å². The first-order chi connectivity index (χ1) is 38.1. The number of rotatable bonds is 16. The Morgan fingerprint density at radius 1 is 0.412 bits per heavy atom. The zero-order valence-corrected chi connectivity index (χ0v) is 54.4. The molecule has 4 unspecified atom stereocenters. The van der Waals surface area contributed by atoms with Gasteiger partial charge >= 0.3 is 0 Å². The molecule has 4 atom stereocenters. The number of hydrogen-bond donors (Lipinski definition) is 1. The summed E-state index contributed by atoms with van der Waals surface area (Å²) in [6, 6.07) is 3.73. The molecule has 0 aromatic rings. The molecule has 0 bridgehead atoms. The summed E-state index contributed by atoms with van der Waals surface area (Å²) in [5, 5.41) is 3.69. The second-order valence-corrected chi connectivity index (χ2v) is 32.4. The van der Waals surface area contributed by atoms with Crippen LogP contribution in [-0.2, 0) is 10.0 Å². The van der Waals surface area contributed by atoms with E-state index in [2.05, 4.69) is 129 Å². The van der Waals surface area contributed by atoms with Crippen LogP contribution in [0.1, 0.15) is 158 Å². The topological polar surface area (TPSA) is 85.1 Å². The van der Waals surface area contributed by atoms with E-state index in [1.54, 1.807) is 4.31 Å². The van der Waals surface area contributed by atoms with Crippen LogP contribution in [0.3, 0.4) is 0 Å². The van der Waals surface area contributed by atoms with Crippen LogP contribution in [0, 0.1) is 11.3 Å². The number of hydrogen-bond acceptors (Lipinski definition) is 14. The van der Waals surface area contributed by atoms with E-state index in [1.807, 2.05) is 0 Å². The SMILES string of the molecule is CN1CCC(N2CCC(C(C)(C)C(C)(N3CCN(C4CCNCC4)CC3)C(C)(N3CCN(C4CCN(C)CC4)CC3)C(C)(C)N3CCC(N4CCN(S(C)(=O)=O)CC4)CC3CC(C)(C)N3CCC(N4CCCCC4)CC3)CC2)CC1. The van der Waals surface area contributed by atoms with Crippen molar-refractivity contribution in [2.24, 2.45) is 11.3 Å². The number of sulfonamides is 1. The van der Waals surface area contributed by atoms with E-state index >= 15 is 0 Å². The molecule has 10 aliphatic rings. The van der Waals surface area contributed by atoms with Gasteiger partial charge in [-0.15, -0.1) is 0 Å². The summed E-state index contributed by atoms with van der Waals surface area (Å²) in [6.07, 6.45) is 22.0. The van der Waals surface area contributed by atoms with Gasteiger partial charge < -0.3 is 24.9 Å². The Bertz CT molecular complexity index is 2030. The molecular weight excluding hydrogens is 1010 g/mol. The molecule has 0 amide bonds. The molecule has 0 saturated carbocycles. The smallest absolute Gasteiger partial charge is 0.211 e. The molecule has 10 aliphatic heterocycles. The third kappa shape index (κ3) is 13.0. The van der Waals surface area contributed by atoms with Crippen molar-refractivity contribution in [3.63, 3.8) is 0 Å². The van der Waals surface area contributed by atoms with Crippen molar-refractivity contribution in [1.29, 1.82) is 0 Å². The summed E-state index contributed by atoms with van der Waals surface area (Å²) in [7, 11) is 1.44. The highest BCUT2D eigenvalue weighted by Crippen LogP contribution is 2.58. The quantitative estimate of drug-likeness (QED) is 0.205. The van der Waals surface area contributed by atoms with Gasteiger partial charge in [0.05, 0.1) is 11.8 Å². The fourth-order valence-corrected chi connectivity index (χ4v) is 20.6. The maximum Gasteiger partial charge on any atom is 0.211 e. The predicted octanol–water partition coefficient (Wildman–Crippen LogP) is 5.73. The molecule has 10 rings (SSSR count). The third-order valence-electron chi connectivity index (χ3n) is 25.7. The van der Waals surface area contributed by atoms with Crippen molar-refractivity contribution in [1.82, 2.24) is 63.5 Å². The van der Waals surface area contributed by atoms with Gasteiger partial charge in [0.25, 0.3) is 0 Å². The lowest BCUT2D eigenvalue weighted by atomic mass is 9.50. The molecular formula is C64H123N13O2S. The van der Waals surface area contributed by atoms with Gasteiger partial charge in [0.2, 0.25) is 10.0 Å². The highest BCUT2D eigenvalue weighted by molar-refractivity contribution is 7.88. The summed E-state index contributed by atoms with van der Waals surface area (Å²) < 4.78 is 27.4. The molecule has 80 heavy (non-hydrogen) atoms. The molecule has 0 aromatic carbocycles. The predicted molar refractivity (Wildman–Crippen MR) is 332 cm³/mol. The lowest BCUT2D eigenvalue weighted by Gasteiger charge is -2.73. The number of piperazine rings is 3. The number of piperidine rings is 7. The summed E-state index contributed by atoms with van der Waals surface area (Å²) in [5.74, 6) is 0.632. The molecule has 462 valence electrons. The summed E-state index contributed by atoms with van der Waals surface area (Å²) >= 11 is 0. The molecule has 16 heteroatoms. The van der Waals surface area contributed by atoms with Gasteiger partial charge in [0.15, 0.2) is 0 Å². The first-order valence-corrected chi connectivity index (χ1v) is 35.7. The average Bonchev–Trinajstić information content (AvgIpc) is 3.59. The van der Waals surface area contributed by atoms with Crippen LogP contribution >= 0.6 is 0 Å². The van der Waals surface area contributed by atoms with E-state index < -0.39 is 10.0 Å². The van der Waals surface area contributed by atoms with Crippen LogP contribution < -0.4 is 5.32 Å². The van der Waals surface area contributed by atoms with E-state index in [0.29, 0.717) is 43.2 Å². The van der Waals surface area contributed by atoms with Crippen LogP contribution in [0.2, 0.25) is 0 Å². The van der Waals surface area contributed by atoms with Gasteiger partial charge in [-0.2, -0.15) is 4.31 Å². The Kier molecular flexibility index (Phi) is 20.3. The van der Waals surface area contributed by atoms with E-state index in [1.165, 1.54) is 181 Å². The molecule has 10 fully saturated rings. The van der Waals surface area contributed by atoms with Gasteiger partial charge in [0.1, 0.15) is 0 Å². The largest absolute Gasteiger partial charge is 0.317 e. The number of likely N-dealkylation sites (tertiary alicyclic amines) is 6. The van der Waals surface area contributed by atoms with Gasteiger partial charge in [-0.05, 0) is 229 Å². The van der Waals surface area contributed by atoms with Crippen LogP contribution in [0.25, 0.3) is 0 Å². The zero-order valence-electron chi connectivity index (χ0n) is 53.6. The Balaban J connectivity index is 1.01. The average molecular weight is 1140 g/mol. The maximum atomic E-state index is 12.8. The molecule has 0 aliphatic carbocycles. The number of nitrogens with zero attached hydrogens (tertiary/aromatic N) is 12. The van der Waals surface area contributed by atoms with Crippen LogP contribution in [0.15, 0.2) is 0 Å². The lowest BCUT2D eigenvalue weighted by molar-refractivity contribution is -0.215. The van der Waals surface area contributed by atoms with Crippen molar-refractivity contribution >= 4 is 10.0 Å². The molecule has 0 radical (unpaired) electrons. The highest BCUT2D eigenvalue weighted by Gasteiger charge is 2.68. The fraction of sp³-hybridized carbons (Fsp3) is 1.00. The monoisotopic (exact) mass is 1140 g/mol. The van der Waals surface area contributed by atoms with E-state index in [4.69, 9.17) is 0 Å². The van der Waals surface area contributed by atoms with Gasteiger partial charge in [-0.3, -0.25) is 34.3 Å². The van der Waals surface area contributed by atoms with Gasteiger partial charge in [-0.1, -0.05) is 20.3 Å². The minimum absolute atomic E-state index is 0.0188. The second kappa shape index (κ2) is 26.0. The minimum atomic E-state index is -3.20. The van der Waals surface area contributed by atoms with E-state index in [9.17, 15) is 8.42 Å². The first kappa shape index (κ1) is 62.5. The third-order valence-corrected chi connectivity index (χ3v) is 27.0. The summed E-state index contributed by atoms with van der Waals surface area (Å²) in [6.45, 7) is 50.1. The molecule has 1 N–H and O–H groups in total. The van der Waals surface area contributed by atoms with E-state index in [-0.39, 0.29) is 27.6 Å². The Morgan fingerprint density at radius 2 is 0.825 bits per heavy atom. The van der Waals surface area contributed by atoms with Gasteiger partial charge in [0, 0.05) is 151 Å². The first-order valence-electron chi connectivity index (χ1n) is 33.9. The standard InChI is InChI=1S/C64H123N13O2S/c1-60(2,73-36-23-57(24-37-73)68-28-13-12-14-29-68)52-59-51-58(72-43-49-76(50-44-72)80(11,78)79)25-38-77(59)62(5,6)64(8,75-47-41-71(42-48-75)56-21-32-67(10)33-22-56)63(7,74-45-39-70(40-46-74)54-15-26-65-27-16-54)61(3,4)53-17-34-69(35-18-53)55-19-30-66(9)31-20-55/h53-59,65H,12-52H2,1-11H3. The van der Waals surface area contributed by atoms with Crippen molar-refractivity contribution in [2.75, 3.05) is 184 Å². The van der Waals surface area contributed by atoms with Crippen LogP contribution in [-0.4, -0.2) is 309 Å². The molecule has 15 nitrogen and oxygen atoms in total. The lowest BCUT2D eigenvalue weighted by Crippen LogP contribution is -2.86. The normalized spacial score (nSPS) is 31.9. The molecule has 10 saturated heterocycles. The minimum Gasteiger partial charge on any atom is -0.317 e. The Hall–Kier alpha value is -0.570. The Morgan fingerprint density at radius 3 is 1.32 bits per heavy atom. The van der Waals surface area contributed by atoms with Crippen molar-refractivity contribution < 1.29 is 8.42 Å². The molecule has 10 heterocycles. The van der Waals surface area contributed by atoms with Gasteiger partial charge in [-0.25, -0.2) is 8.42 Å². The van der Waals surface area contributed by atoms with Crippen molar-refractivity contribution in [3.05, 3.63) is 0 Å². The molecule has 0 spiro atoms. The fourth-order valence-electron chi connectivity index (χ4n) is 19.8. The summed E-state index contributed by atoms with van der Waals surface area (Å²) in [4.78, 5) is 31.9. The highest BCUT2D eigenvalue weighted by atomic mass is 32.2. The van der Waals surface area contributed by atoms with Crippen molar-refractivity contribution in [2.45, 2.75) is 217 Å². The van der Waals surface area contributed by atoms with Crippen LogP contribution in [0.4, 0.5) is 0 Å². The van der Waals surface area contributed by atoms with Crippen LogP contribution in [0.5, 0.6) is 0 Å². The number of nitrogens with one attached hydrogen (secondary N) is 1. The Labute approximate surface area is 491 Å². The molecule has 0 aromatic heterocycles. The van der Waals surface area contributed by atoms with Crippen molar-refractivity contribution in [3.8, 4) is 0 Å². The zero-order chi connectivity index (χ0) is 56.7. The maximum absolute atomic E-state index is 12.8. The second-order valence-electron chi connectivity index (χ2n) is 30.4. The summed E-state index contributed by atoms with van der Waals surface area (Å²) in [5.41, 5.74) is -0.501.